The minimum Gasteiger partial charge on any atom is -0.308 e. The van der Waals surface area contributed by atoms with Crippen molar-refractivity contribution in [3.63, 3.8) is 0 Å². The molecular formula is C15H16N4S. The Kier molecular flexibility index (Phi) is 3.38. The molecule has 0 aliphatic heterocycles. The van der Waals surface area contributed by atoms with Crippen LogP contribution in [0.4, 0.5) is 5.82 Å². The van der Waals surface area contributed by atoms with Gasteiger partial charge in [-0.1, -0.05) is 24.3 Å². The van der Waals surface area contributed by atoms with E-state index >= 15 is 0 Å². The zero-order valence-corrected chi connectivity index (χ0v) is 12.3. The number of nitrogens with one attached hydrogen (secondary N) is 1. The van der Waals surface area contributed by atoms with Crippen molar-refractivity contribution in [1.82, 2.24) is 9.97 Å². The van der Waals surface area contributed by atoms with E-state index < -0.39 is 0 Å². The Morgan fingerprint density at radius 3 is 2.75 bits per heavy atom. The van der Waals surface area contributed by atoms with Crippen LogP contribution in [-0.4, -0.2) is 9.97 Å². The Labute approximate surface area is 121 Å². The Morgan fingerprint density at radius 2 is 2.00 bits per heavy atom. The molecule has 20 heavy (non-hydrogen) atoms. The van der Waals surface area contributed by atoms with Crippen LogP contribution < -0.4 is 11.3 Å². The number of nitrogens with two attached hydrogens (primary N) is 1. The number of anilines is 1. The average molecular weight is 284 g/mol. The molecule has 102 valence electrons. The van der Waals surface area contributed by atoms with E-state index in [4.69, 9.17) is 5.84 Å². The largest absolute Gasteiger partial charge is 0.308 e. The van der Waals surface area contributed by atoms with Crippen molar-refractivity contribution >= 4 is 27.4 Å². The molecule has 3 rings (SSSR count). The number of nitrogens with zero attached hydrogens (tertiary/aromatic N) is 2. The highest BCUT2D eigenvalue weighted by Crippen LogP contribution is 2.28. The monoisotopic (exact) mass is 284 g/mol. The summed E-state index contributed by atoms with van der Waals surface area (Å²) in [6.45, 7) is 4.17. The predicted octanol–water partition coefficient (Wildman–Crippen LogP) is 3.18. The third-order valence-electron chi connectivity index (χ3n) is 3.31. The molecule has 1 aromatic carbocycles. The lowest BCUT2D eigenvalue weighted by Gasteiger charge is -2.07. The smallest absolute Gasteiger partial charge is 0.152 e. The molecule has 5 heteroatoms. The first-order valence-electron chi connectivity index (χ1n) is 6.45. The topological polar surface area (TPSA) is 63.8 Å². The Hall–Kier alpha value is -1.98. The van der Waals surface area contributed by atoms with Gasteiger partial charge in [-0.3, -0.25) is 0 Å². The van der Waals surface area contributed by atoms with Gasteiger partial charge in [0.2, 0.25) is 0 Å². The molecule has 3 N–H and O–H groups in total. The molecule has 4 nitrogen and oxygen atoms in total. The molecule has 0 amide bonds. The zero-order valence-electron chi connectivity index (χ0n) is 11.5. The van der Waals surface area contributed by atoms with Crippen molar-refractivity contribution < 1.29 is 0 Å². The van der Waals surface area contributed by atoms with Gasteiger partial charge in [-0.05, 0) is 31.0 Å². The summed E-state index contributed by atoms with van der Waals surface area (Å²) in [5, 5.41) is 0.989. The minimum absolute atomic E-state index is 0.697. The first-order valence-corrected chi connectivity index (χ1v) is 7.27. The molecule has 0 bridgehead atoms. The fourth-order valence-corrected chi connectivity index (χ4v) is 3.15. The third-order valence-corrected chi connectivity index (χ3v) is 4.25. The van der Waals surface area contributed by atoms with Gasteiger partial charge in [0, 0.05) is 11.3 Å². The van der Waals surface area contributed by atoms with Crippen LogP contribution in [-0.2, 0) is 6.42 Å². The van der Waals surface area contributed by atoms with Gasteiger partial charge in [-0.25, -0.2) is 15.8 Å². The number of benzene rings is 1. The molecule has 0 saturated carbocycles. The number of hydrazine groups is 1. The molecule has 2 heterocycles. The van der Waals surface area contributed by atoms with Crippen molar-refractivity contribution in [2.45, 2.75) is 20.3 Å². The van der Waals surface area contributed by atoms with E-state index in [-0.39, 0.29) is 0 Å². The van der Waals surface area contributed by atoms with Crippen molar-refractivity contribution in [2.75, 3.05) is 5.43 Å². The number of hydrogen-bond donors (Lipinski definition) is 2. The maximum Gasteiger partial charge on any atom is 0.152 e. The van der Waals surface area contributed by atoms with Crippen LogP contribution in [0.25, 0.3) is 10.2 Å². The van der Waals surface area contributed by atoms with Crippen LogP contribution in [0, 0.1) is 13.8 Å². The fraction of sp³-hybridized carbons (Fsp3) is 0.200. The Morgan fingerprint density at radius 1 is 1.20 bits per heavy atom. The quantitative estimate of drug-likeness (QED) is 0.573. The predicted molar refractivity (Wildman–Crippen MR) is 83.9 cm³/mol. The number of nitrogen functional groups attached to an aromatic ring is 1. The van der Waals surface area contributed by atoms with E-state index in [1.807, 2.05) is 12.1 Å². The summed E-state index contributed by atoms with van der Waals surface area (Å²) in [4.78, 5) is 11.4. The molecule has 0 unspecified atom stereocenters. The van der Waals surface area contributed by atoms with Gasteiger partial charge in [-0.2, -0.15) is 0 Å². The van der Waals surface area contributed by atoms with Crippen LogP contribution in [0.2, 0.25) is 0 Å². The summed E-state index contributed by atoms with van der Waals surface area (Å²) < 4.78 is 0. The maximum absolute atomic E-state index is 5.58. The molecule has 0 spiro atoms. The van der Waals surface area contributed by atoms with Gasteiger partial charge in [0.15, 0.2) is 5.82 Å². The minimum atomic E-state index is 0.697. The number of thiophene rings is 1. The van der Waals surface area contributed by atoms with Crippen molar-refractivity contribution in [2.24, 2.45) is 5.84 Å². The first kappa shape index (κ1) is 13.0. The number of hydrogen-bond acceptors (Lipinski definition) is 5. The number of aromatic nitrogens is 2. The Balaban J connectivity index is 2.06. The van der Waals surface area contributed by atoms with E-state index in [2.05, 4.69) is 47.4 Å². The van der Waals surface area contributed by atoms with E-state index in [1.54, 1.807) is 11.3 Å². The van der Waals surface area contributed by atoms with E-state index in [1.165, 1.54) is 16.0 Å². The third kappa shape index (κ3) is 2.37. The standard InChI is InChI=1S/C15H16N4S/c1-9-5-3-4-6-11(9)8-13-17-14(19-16)12-7-10(2)20-15(12)18-13/h3-7H,8,16H2,1-2H3,(H,17,18,19). The van der Waals surface area contributed by atoms with Gasteiger partial charge < -0.3 is 5.43 Å². The second kappa shape index (κ2) is 5.19. The van der Waals surface area contributed by atoms with Gasteiger partial charge in [0.05, 0.1) is 5.39 Å². The lowest BCUT2D eigenvalue weighted by Crippen LogP contribution is -2.11. The SMILES string of the molecule is Cc1cc2c(NN)nc(Cc3ccccc3C)nc2s1. The number of aryl methyl sites for hydroxylation is 2. The molecule has 0 fully saturated rings. The van der Waals surface area contributed by atoms with Crippen LogP contribution in [0.1, 0.15) is 21.8 Å². The lowest BCUT2D eigenvalue weighted by molar-refractivity contribution is 0.984. The lowest BCUT2D eigenvalue weighted by atomic mass is 10.1. The molecule has 0 radical (unpaired) electrons. The zero-order chi connectivity index (χ0) is 14.1. The van der Waals surface area contributed by atoms with Crippen LogP contribution in [0.15, 0.2) is 30.3 Å². The molecule has 2 aromatic heterocycles. The van der Waals surface area contributed by atoms with Crippen molar-refractivity contribution in [3.05, 3.63) is 52.2 Å². The Bertz CT molecular complexity index is 764. The van der Waals surface area contributed by atoms with Crippen molar-refractivity contribution in [1.29, 1.82) is 0 Å². The van der Waals surface area contributed by atoms with E-state index in [0.717, 1.165) is 16.0 Å². The highest BCUT2D eigenvalue weighted by molar-refractivity contribution is 7.18. The maximum atomic E-state index is 5.58. The van der Waals surface area contributed by atoms with Crippen LogP contribution in [0.3, 0.4) is 0 Å². The van der Waals surface area contributed by atoms with E-state index in [0.29, 0.717) is 12.2 Å². The van der Waals surface area contributed by atoms with Gasteiger partial charge in [0.25, 0.3) is 0 Å². The molecule has 0 saturated heterocycles. The normalized spacial score (nSPS) is 10.9. The van der Waals surface area contributed by atoms with E-state index in [9.17, 15) is 0 Å². The summed E-state index contributed by atoms with van der Waals surface area (Å²) in [6.07, 6.45) is 0.717. The van der Waals surface area contributed by atoms with Crippen LogP contribution in [0.5, 0.6) is 0 Å². The molecule has 0 aliphatic carbocycles. The number of fused-ring (bicyclic) bond motifs is 1. The van der Waals surface area contributed by atoms with Gasteiger partial charge in [-0.15, -0.1) is 11.3 Å². The molecule has 0 aliphatic rings. The summed E-state index contributed by atoms with van der Waals surface area (Å²) in [5.74, 6) is 7.07. The molecule has 0 atom stereocenters. The van der Waals surface area contributed by atoms with Crippen molar-refractivity contribution in [3.8, 4) is 0 Å². The summed E-state index contributed by atoms with van der Waals surface area (Å²) >= 11 is 1.66. The molecule has 3 aromatic rings. The fourth-order valence-electron chi connectivity index (χ4n) is 2.25. The first-order chi connectivity index (χ1) is 9.67. The second-order valence-corrected chi connectivity index (χ2v) is 6.05. The summed E-state index contributed by atoms with van der Waals surface area (Å²) in [5.41, 5.74) is 5.17. The second-order valence-electron chi connectivity index (χ2n) is 4.81. The van der Waals surface area contributed by atoms with Gasteiger partial charge in [0.1, 0.15) is 10.7 Å². The number of rotatable bonds is 3. The van der Waals surface area contributed by atoms with Gasteiger partial charge >= 0.3 is 0 Å². The highest BCUT2D eigenvalue weighted by atomic mass is 32.1. The van der Waals surface area contributed by atoms with Crippen LogP contribution >= 0.6 is 11.3 Å². The summed E-state index contributed by atoms with van der Waals surface area (Å²) in [6, 6.07) is 10.4. The molecular weight excluding hydrogens is 268 g/mol. The highest BCUT2D eigenvalue weighted by Gasteiger charge is 2.10. The summed E-state index contributed by atoms with van der Waals surface area (Å²) in [7, 11) is 0. The average Bonchev–Trinajstić information content (AvgIpc) is 2.80.